The largest absolute Gasteiger partial charge is 0.355 e. The van der Waals surface area contributed by atoms with E-state index in [9.17, 15) is 14.0 Å². The van der Waals surface area contributed by atoms with Gasteiger partial charge in [0.25, 0.3) is 5.91 Å². The van der Waals surface area contributed by atoms with E-state index in [1.807, 2.05) is 0 Å². The van der Waals surface area contributed by atoms with Crippen molar-refractivity contribution in [2.24, 2.45) is 0 Å². The third-order valence-electron chi connectivity index (χ3n) is 4.78. The molecule has 0 radical (unpaired) electrons. The average molecular weight is 420 g/mol. The lowest BCUT2D eigenvalue weighted by atomic mass is 10.2. The van der Waals surface area contributed by atoms with E-state index in [0.717, 1.165) is 31.0 Å². The number of nitrogens with zero attached hydrogens (tertiary/aromatic N) is 3. The van der Waals surface area contributed by atoms with Crippen molar-refractivity contribution >= 4 is 28.8 Å². The van der Waals surface area contributed by atoms with Crippen molar-refractivity contribution in [3.63, 3.8) is 0 Å². The second-order valence-corrected chi connectivity index (χ2v) is 8.13. The van der Waals surface area contributed by atoms with Crippen molar-refractivity contribution < 1.29 is 14.0 Å². The van der Waals surface area contributed by atoms with Crippen LogP contribution in [0, 0.1) is 5.82 Å². The van der Waals surface area contributed by atoms with Crippen LogP contribution in [0.4, 0.5) is 10.1 Å². The summed E-state index contributed by atoms with van der Waals surface area (Å²) in [6.45, 7) is 3.77. The zero-order chi connectivity index (χ0) is 20.5. The van der Waals surface area contributed by atoms with E-state index in [-0.39, 0.29) is 16.7 Å². The van der Waals surface area contributed by atoms with Gasteiger partial charge in [-0.3, -0.25) is 9.59 Å². The number of aryl methyl sites for hydroxylation is 1. The van der Waals surface area contributed by atoms with Crippen LogP contribution < -0.4 is 10.6 Å². The number of hydrogen-bond donors (Lipinski definition) is 2. The Morgan fingerprint density at radius 3 is 2.52 bits per heavy atom. The minimum atomic E-state index is -0.401. The molecule has 1 aromatic carbocycles. The predicted molar refractivity (Wildman–Crippen MR) is 111 cm³/mol. The number of hydrogen-bond acceptors (Lipinski definition) is 6. The Balaban J connectivity index is 1.37. The lowest BCUT2D eigenvalue weighted by Crippen LogP contribution is -2.35. The minimum absolute atomic E-state index is 0.0210. The van der Waals surface area contributed by atoms with Gasteiger partial charge in [0.1, 0.15) is 10.8 Å². The van der Waals surface area contributed by atoms with E-state index >= 15 is 0 Å². The Labute approximate surface area is 173 Å². The summed E-state index contributed by atoms with van der Waals surface area (Å²) in [5, 5.41) is 14.3. The van der Waals surface area contributed by atoms with Crippen LogP contribution in [0.3, 0.4) is 0 Å². The maximum atomic E-state index is 12.9. The van der Waals surface area contributed by atoms with E-state index in [2.05, 4.69) is 25.7 Å². The highest BCUT2D eigenvalue weighted by atomic mass is 32.1. The van der Waals surface area contributed by atoms with Gasteiger partial charge in [-0.1, -0.05) is 24.2 Å². The van der Waals surface area contributed by atoms with E-state index in [0.29, 0.717) is 30.1 Å². The number of anilines is 1. The number of likely N-dealkylation sites (tertiary alicyclic amines) is 1. The molecule has 7 nitrogen and oxygen atoms in total. The SMILES string of the molecule is O=C(CCc1nnc(C(=O)Nc2ccc(F)cc2)s1)NCCN1CCCCCC1. The minimum Gasteiger partial charge on any atom is -0.355 e. The Morgan fingerprint density at radius 2 is 1.79 bits per heavy atom. The summed E-state index contributed by atoms with van der Waals surface area (Å²) in [6.07, 6.45) is 5.83. The molecular weight excluding hydrogens is 393 g/mol. The smallest absolute Gasteiger partial charge is 0.286 e. The van der Waals surface area contributed by atoms with Crippen molar-refractivity contribution in [2.75, 3.05) is 31.5 Å². The molecule has 0 bridgehead atoms. The summed E-state index contributed by atoms with van der Waals surface area (Å²) >= 11 is 1.16. The molecule has 1 aliphatic heterocycles. The molecular formula is C20H26FN5O2S. The molecule has 29 heavy (non-hydrogen) atoms. The van der Waals surface area contributed by atoms with Crippen LogP contribution in [-0.2, 0) is 11.2 Å². The standard InChI is InChI=1S/C20H26FN5O2S/c21-15-5-7-16(8-6-15)23-19(28)20-25-24-18(29-20)10-9-17(27)22-11-14-26-12-3-1-2-4-13-26/h5-8H,1-4,9-14H2,(H,22,27)(H,23,28). The molecule has 0 unspecified atom stereocenters. The number of halogens is 1. The number of nitrogens with one attached hydrogen (secondary N) is 2. The van der Waals surface area contributed by atoms with Gasteiger partial charge in [0.15, 0.2) is 0 Å². The fourth-order valence-corrected chi connectivity index (χ4v) is 3.92. The Kier molecular flexibility index (Phi) is 8.06. The molecule has 2 aromatic rings. The summed E-state index contributed by atoms with van der Waals surface area (Å²) in [6, 6.07) is 5.50. The fraction of sp³-hybridized carbons (Fsp3) is 0.500. The van der Waals surface area contributed by atoms with Gasteiger partial charge in [-0.15, -0.1) is 10.2 Å². The van der Waals surface area contributed by atoms with Crippen LogP contribution in [0.25, 0.3) is 0 Å². The van der Waals surface area contributed by atoms with Gasteiger partial charge in [0.05, 0.1) is 0 Å². The molecule has 2 N–H and O–H groups in total. The van der Waals surface area contributed by atoms with Gasteiger partial charge in [-0.05, 0) is 50.2 Å². The lowest BCUT2D eigenvalue weighted by molar-refractivity contribution is -0.121. The summed E-state index contributed by atoms with van der Waals surface area (Å²) < 4.78 is 12.9. The molecule has 156 valence electrons. The van der Waals surface area contributed by atoms with Gasteiger partial charge < -0.3 is 15.5 Å². The number of carbonyl (C=O) groups is 2. The van der Waals surface area contributed by atoms with E-state index in [4.69, 9.17) is 0 Å². The normalized spacial score (nSPS) is 14.9. The summed E-state index contributed by atoms with van der Waals surface area (Å²) in [7, 11) is 0. The third kappa shape index (κ3) is 7.17. The predicted octanol–water partition coefficient (Wildman–Crippen LogP) is 2.85. The first-order chi connectivity index (χ1) is 14.1. The first-order valence-corrected chi connectivity index (χ1v) is 10.8. The van der Waals surface area contributed by atoms with Gasteiger partial charge in [-0.2, -0.15) is 0 Å². The van der Waals surface area contributed by atoms with Gasteiger partial charge in [0, 0.05) is 31.6 Å². The monoisotopic (exact) mass is 419 g/mol. The number of aromatic nitrogens is 2. The zero-order valence-corrected chi connectivity index (χ0v) is 17.1. The third-order valence-corrected chi connectivity index (χ3v) is 5.76. The van der Waals surface area contributed by atoms with Crippen LogP contribution in [0.15, 0.2) is 24.3 Å². The zero-order valence-electron chi connectivity index (χ0n) is 16.3. The number of benzene rings is 1. The summed E-state index contributed by atoms with van der Waals surface area (Å²) in [5.41, 5.74) is 0.483. The lowest BCUT2D eigenvalue weighted by Gasteiger charge is -2.19. The van der Waals surface area contributed by atoms with Crippen LogP contribution >= 0.6 is 11.3 Å². The van der Waals surface area contributed by atoms with Crippen molar-refractivity contribution in [3.8, 4) is 0 Å². The van der Waals surface area contributed by atoms with E-state index in [1.165, 1.54) is 49.9 Å². The Bertz CT molecular complexity index is 803. The van der Waals surface area contributed by atoms with Crippen LogP contribution in [-0.4, -0.2) is 53.1 Å². The van der Waals surface area contributed by atoms with Crippen LogP contribution in [0.2, 0.25) is 0 Å². The molecule has 1 fully saturated rings. The number of amides is 2. The Hall–Kier alpha value is -2.39. The first kappa shape index (κ1) is 21.3. The number of carbonyl (C=O) groups excluding carboxylic acids is 2. The number of rotatable bonds is 8. The topological polar surface area (TPSA) is 87.2 Å². The summed E-state index contributed by atoms with van der Waals surface area (Å²) in [4.78, 5) is 26.6. The molecule has 0 atom stereocenters. The molecule has 1 aromatic heterocycles. The average Bonchev–Trinajstić information content (AvgIpc) is 3.05. The van der Waals surface area contributed by atoms with Gasteiger partial charge in [-0.25, -0.2) is 4.39 Å². The highest BCUT2D eigenvalue weighted by Gasteiger charge is 2.14. The summed E-state index contributed by atoms with van der Waals surface area (Å²) in [5.74, 6) is -0.791. The van der Waals surface area contributed by atoms with Crippen molar-refractivity contribution in [1.29, 1.82) is 0 Å². The maximum Gasteiger partial charge on any atom is 0.286 e. The van der Waals surface area contributed by atoms with Crippen LogP contribution in [0.5, 0.6) is 0 Å². The molecule has 2 amide bonds. The first-order valence-electron chi connectivity index (χ1n) is 9.98. The maximum absolute atomic E-state index is 12.9. The highest BCUT2D eigenvalue weighted by Crippen LogP contribution is 2.15. The molecule has 0 saturated carbocycles. The molecule has 0 spiro atoms. The molecule has 3 rings (SSSR count). The second kappa shape index (κ2) is 11.0. The van der Waals surface area contributed by atoms with E-state index < -0.39 is 5.91 Å². The van der Waals surface area contributed by atoms with Crippen LogP contribution in [0.1, 0.15) is 46.9 Å². The van der Waals surface area contributed by atoms with E-state index in [1.54, 1.807) is 0 Å². The fourth-order valence-electron chi connectivity index (χ4n) is 3.19. The molecule has 9 heteroatoms. The van der Waals surface area contributed by atoms with Crippen molar-refractivity contribution in [3.05, 3.63) is 40.1 Å². The van der Waals surface area contributed by atoms with Crippen molar-refractivity contribution in [1.82, 2.24) is 20.4 Å². The van der Waals surface area contributed by atoms with Gasteiger partial charge >= 0.3 is 0 Å². The highest BCUT2D eigenvalue weighted by molar-refractivity contribution is 7.13. The molecule has 1 saturated heterocycles. The van der Waals surface area contributed by atoms with Gasteiger partial charge in [0.2, 0.25) is 10.9 Å². The Morgan fingerprint density at radius 1 is 1.07 bits per heavy atom. The molecule has 0 aliphatic carbocycles. The quantitative estimate of drug-likeness (QED) is 0.687. The molecule has 1 aliphatic rings. The second-order valence-electron chi connectivity index (χ2n) is 7.07. The molecule has 2 heterocycles. The van der Waals surface area contributed by atoms with Crippen molar-refractivity contribution in [2.45, 2.75) is 38.5 Å².